The van der Waals surface area contributed by atoms with Gasteiger partial charge in [0.1, 0.15) is 10.8 Å². The number of pyridine rings is 1. The summed E-state index contributed by atoms with van der Waals surface area (Å²) in [6.45, 7) is 6.45. The Balaban J connectivity index is 1.64. The van der Waals surface area contributed by atoms with Crippen LogP contribution in [0.3, 0.4) is 0 Å². The second-order valence-electron chi connectivity index (χ2n) is 10.5. The maximum absolute atomic E-state index is 15.4. The third-order valence-corrected chi connectivity index (χ3v) is 9.23. The third-order valence-electron chi connectivity index (χ3n) is 7.57. The van der Waals surface area contributed by atoms with Crippen molar-refractivity contribution in [1.29, 1.82) is 0 Å². The molecule has 41 heavy (non-hydrogen) atoms. The van der Waals surface area contributed by atoms with E-state index in [0.29, 0.717) is 35.9 Å². The Labute approximate surface area is 246 Å². The molecule has 2 aliphatic rings. The number of hydrogen-bond donors (Lipinski definition) is 0. The summed E-state index contributed by atoms with van der Waals surface area (Å²) in [4.78, 5) is 46.4. The molecular formula is C30H34ClFN4O4S. The number of allylic oxidation sites excluding steroid dienone is 2. The van der Waals surface area contributed by atoms with Crippen molar-refractivity contribution in [2.24, 2.45) is 16.8 Å². The first-order valence-electron chi connectivity index (χ1n) is 13.4. The van der Waals surface area contributed by atoms with Gasteiger partial charge in [0.05, 0.1) is 11.3 Å². The summed E-state index contributed by atoms with van der Waals surface area (Å²) in [7, 11) is 2.21. The molecule has 1 saturated heterocycles. The van der Waals surface area contributed by atoms with Crippen molar-refractivity contribution in [2.75, 3.05) is 38.7 Å². The average Bonchev–Trinajstić information content (AvgIpc) is 3.62. The topological polar surface area (TPSA) is 92.0 Å². The minimum Gasteiger partial charge on any atom is -0.345 e. The first-order chi connectivity index (χ1) is 19.5. The highest BCUT2D eigenvalue weighted by Gasteiger charge is 2.54. The lowest BCUT2D eigenvalue weighted by molar-refractivity contribution is -0.132. The number of aliphatic imine (C=N–C) groups is 1. The molecule has 2 heterocycles. The number of nitrogens with zero attached hydrogens (tertiary/aromatic N) is 4. The molecular weight excluding hydrogens is 567 g/mol. The summed E-state index contributed by atoms with van der Waals surface area (Å²) in [6, 6.07) is 6.32. The normalized spacial score (nSPS) is 21.6. The van der Waals surface area contributed by atoms with Crippen LogP contribution in [-0.2, 0) is 15.6 Å². The van der Waals surface area contributed by atoms with Crippen molar-refractivity contribution in [2.45, 2.75) is 26.7 Å². The van der Waals surface area contributed by atoms with Crippen molar-refractivity contribution < 1.29 is 18.2 Å². The molecule has 2 aromatic rings. The van der Waals surface area contributed by atoms with Crippen molar-refractivity contribution >= 4 is 46.1 Å². The fourth-order valence-electron chi connectivity index (χ4n) is 5.20. The number of halogens is 2. The van der Waals surface area contributed by atoms with Crippen LogP contribution >= 0.6 is 11.6 Å². The van der Waals surface area contributed by atoms with E-state index in [2.05, 4.69) is 4.99 Å². The van der Waals surface area contributed by atoms with Gasteiger partial charge in [0.15, 0.2) is 0 Å². The van der Waals surface area contributed by atoms with Crippen LogP contribution in [0.5, 0.6) is 0 Å². The fraction of sp³-hybridized carbons (Fsp3) is 0.400. The highest BCUT2D eigenvalue weighted by atomic mass is 35.5. The minimum absolute atomic E-state index is 0.0128. The zero-order valence-electron chi connectivity index (χ0n) is 23.8. The number of amides is 2. The minimum atomic E-state index is -0.878. The molecule has 0 radical (unpaired) electrons. The molecule has 218 valence electrons. The molecule has 2 unspecified atom stereocenters. The Morgan fingerprint density at radius 2 is 1.85 bits per heavy atom. The Morgan fingerprint density at radius 1 is 1.20 bits per heavy atom. The fourth-order valence-corrected chi connectivity index (χ4v) is 6.52. The maximum atomic E-state index is 15.4. The van der Waals surface area contributed by atoms with Crippen LogP contribution < -0.4 is 5.56 Å². The lowest BCUT2D eigenvalue weighted by atomic mass is 10.0. The van der Waals surface area contributed by atoms with Gasteiger partial charge in [-0.1, -0.05) is 30.7 Å². The Kier molecular flexibility index (Phi) is 9.44. The number of benzene rings is 1. The second-order valence-corrected chi connectivity index (χ2v) is 12.6. The summed E-state index contributed by atoms with van der Waals surface area (Å²) < 4.78 is 28.5. The third kappa shape index (κ3) is 6.28. The molecule has 0 N–H and O–H groups in total. The highest BCUT2D eigenvalue weighted by molar-refractivity contribution is 7.85. The van der Waals surface area contributed by atoms with E-state index in [-0.39, 0.29) is 45.5 Å². The van der Waals surface area contributed by atoms with Gasteiger partial charge in [-0.3, -0.25) is 28.2 Å². The van der Waals surface area contributed by atoms with E-state index < -0.39 is 28.1 Å². The largest absolute Gasteiger partial charge is 0.345 e. The van der Waals surface area contributed by atoms with E-state index in [0.717, 1.165) is 0 Å². The van der Waals surface area contributed by atoms with E-state index in [1.807, 2.05) is 13.0 Å². The van der Waals surface area contributed by atoms with Crippen LogP contribution in [0.15, 0.2) is 52.4 Å². The van der Waals surface area contributed by atoms with Crippen LogP contribution in [0, 0.1) is 24.6 Å². The molecule has 4 rings (SSSR count). The van der Waals surface area contributed by atoms with Gasteiger partial charge >= 0.3 is 0 Å². The SMILES string of the molecule is C/C=C/N=C(/C=C/n1c(C)cc(C2C(C(=O)N3CCS(=O)CC3)[C@H]2C)c(Cl)c1=O)c1cccc(C(=O)N(C)C)c1F. The van der Waals surface area contributed by atoms with E-state index >= 15 is 4.39 Å². The summed E-state index contributed by atoms with van der Waals surface area (Å²) in [5, 5.41) is 0.0313. The Hall–Kier alpha value is -3.37. The molecule has 1 aliphatic heterocycles. The summed E-state index contributed by atoms with van der Waals surface area (Å²) in [5.74, 6) is -0.631. The van der Waals surface area contributed by atoms with Crippen LogP contribution in [0.25, 0.3) is 6.20 Å². The molecule has 0 spiro atoms. The van der Waals surface area contributed by atoms with Crippen molar-refractivity contribution in [1.82, 2.24) is 14.4 Å². The smallest absolute Gasteiger partial charge is 0.273 e. The van der Waals surface area contributed by atoms with Gasteiger partial charge in [0.25, 0.3) is 11.5 Å². The molecule has 1 aromatic heterocycles. The van der Waals surface area contributed by atoms with Crippen LogP contribution in [-0.4, -0.2) is 74.8 Å². The molecule has 11 heteroatoms. The quantitative estimate of drug-likeness (QED) is 0.448. The van der Waals surface area contributed by atoms with Gasteiger partial charge in [-0.05, 0) is 49.6 Å². The zero-order chi connectivity index (χ0) is 30.0. The van der Waals surface area contributed by atoms with Gasteiger partial charge < -0.3 is 9.80 Å². The summed E-state index contributed by atoms with van der Waals surface area (Å²) in [5.41, 5.74) is 0.995. The molecule has 1 aliphatic carbocycles. The lowest BCUT2D eigenvalue weighted by Gasteiger charge is -2.26. The molecule has 1 saturated carbocycles. The number of hydrogen-bond acceptors (Lipinski definition) is 5. The highest BCUT2D eigenvalue weighted by Crippen LogP contribution is 2.55. The molecule has 2 amide bonds. The standard InChI is InChI=1S/C30H34ClFN4O4S/c1-6-11-33-23(20-8-7-9-21(27(20)32)28(37)34(4)5)10-12-36-18(2)17-22(26(31)30(36)39)24-19(3)25(24)29(38)35-13-15-41(40)16-14-35/h6-12,17,19,24-25H,13-16H2,1-5H3/b11-6+,12-10+,33-23-/t19-,24?,25?/m0/s1. The van der Waals surface area contributed by atoms with E-state index in [1.165, 1.54) is 40.1 Å². The molecule has 8 nitrogen and oxygen atoms in total. The molecule has 2 fully saturated rings. The maximum Gasteiger partial charge on any atom is 0.273 e. The Morgan fingerprint density at radius 3 is 2.49 bits per heavy atom. The molecule has 3 atom stereocenters. The van der Waals surface area contributed by atoms with Gasteiger partial charge in [-0.15, -0.1) is 0 Å². The van der Waals surface area contributed by atoms with Gasteiger partial charge in [0, 0.05) is 85.0 Å². The van der Waals surface area contributed by atoms with Crippen LogP contribution in [0.1, 0.15) is 46.9 Å². The summed E-state index contributed by atoms with van der Waals surface area (Å²) >= 11 is 6.60. The number of aromatic nitrogens is 1. The number of carbonyl (C=O) groups excluding carboxylic acids is 2. The van der Waals surface area contributed by atoms with Crippen molar-refractivity contribution in [3.8, 4) is 0 Å². The summed E-state index contributed by atoms with van der Waals surface area (Å²) in [6.07, 6.45) is 6.15. The van der Waals surface area contributed by atoms with Gasteiger partial charge in [-0.2, -0.15) is 0 Å². The predicted octanol–water partition coefficient (Wildman–Crippen LogP) is 4.09. The van der Waals surface area contributed by atoms with Gasteiger partial charge in [-0.25, -0.2) is 4.39 Å². The lowest BCUT2D eigenvalue weighted by Crippen LogP contribution is -2.42. The van der Waals surface area contributed by atoms with E-state index in [9.17, 15) is 18.6 Å². The molecule has 0 bridgehead atoms. The second kappa shape index (κ2) is 12.7. The molecule has 1 aromatic carbocycles. The van der Waals surface area contributed by atoms with Crippen molar-refractivity contribution in [3.63, 3.8) is 0 Å². The van der Waals surface area contributed by atoms with Crippen LogP contribution in [0.2, 0.25) is 5.02 Å². The average molecular weight is 601 g/mol. The number of rotatable bonds is 7. The van der Waals surface area contributed by atoms with E-state index in [1.54, 1.807) is 45.0 Å². The first-order valence-corrected chi connectivity index (χ1v) is 15.3. The van der Waals surface area contributed by atoms with E-state index in [4.69, 9.17) is 11.6 Å². The predicted molar refractivity (Wildman–Crippen MR) is 161 cm³/mol. The zero-order valence-corrected chi connectivity index (χ0v) is 25.3. The van der Waals surface area contributed by atoms with Gasteiger partial charge in [0.2, 0.25) is 5.91 Å². The first kappa shape index (κ1) is 30.6. The van der Waals surface area contributed by atoms with Crippen LogP contribution in [0.4, 0.5) is 4.39 Å². The number of carbonyl (C=O) groups is 2. The monoisotopic (exact) mass is 600 g/mol. The number of aryl methyl sites for hydroxylation is 1. The van der Waals surface area contributed by atoms with Crippen molar-refractivity contribution in [3.05, 3.63) is 86.2 Å². The Bertz CT molecular complexity index is 1540.